The molecule has 1 aliphatic heterocycles. The number of hydrogen-bond donors (Lipinski definition) is 2. The zero-order valence-electron chi connectivity index (χ0n) is 23.6. The first kappa shape index (κ1) is 26.0. The summed E-state index contributed by atoms with van der Waals surface area (Å²) in [7, 11) is 3.28. The van der Waals surface area contributed by atoms with Crippen LogP contribution in [0.4, 0.5) is 5.82 Å². The van der Waals surface area contributed by atoms with Crippen LogP contribution in [0.2, 0.25) is 0 Å². The second-order valence-electron chi connectivity index (χ2n) is 10.8. The maximum atomic E-state index is 11.8. The number of rotatable bonds is 9. The number of fused-ring (bicyclic) bond motifs is 2. The lowest BCUT2D eigenvalue weighted by Gasteiger charge is -2.23. The summed E-state index contributed by atoms with van der Waals surface area (Å²) in [6.45, 7) is 1.41. The van der Waals surface area contributed by atoms with Crippen molar-refractivity contribution in [3.05, 3.63) is 83.5 Å². The van der Waals surface area contributed by atoms with Crippen molar-refractivity contribution in [3.63, 3.8) is 0 Å². The van der Waals surface area contributed by atoms with Gasteiger partial charge >= 0.3 is 0 Å². The number of carbonyl (C=O) groups is 1. The third-order valence-corrected chi connectivity index (χ3v) is 8.21. The van der Waals surface area contributed by atoms with Gasteiger partial charge in [0.15, 0.2) is 5.82 Å². The minimum Gasteiger partial charge on any atom is -0.497 e. The van der Waals surface area contributed by atoms with Crippen LogP contribution in [0, 0.1) is 0 Å². The molecule has 1 unspecified atom stereocenters. The molecular weight excluding hydrogens is 532 g/mol. The first-order chi connectivity index (χ1) is 20.6. The van der Waals surface area contributed by atoms with Crippen molar-refractivity contribution in [2.75, 3.05) is 19.5 Å². The number of anilines is 1. The summed E-state index contributed by atoms with van der Waals surface area (Å²) in [5, 5.41) is 12.8. The Hall–Kier alpha value is -4.93. The van der Waals surface area contributed by atoms with E-state index in [-0.39, 0.29) is 5.92 Å². The molecular formula is C31H32N8O3. The number of imidazole rings is 1. The molecule has 1 atom stereocenters. The van der Waals surface area contributed by atoms with Crippen LogP contribution >= 0.6 is 0 Å². The third-order valence-electron chi connectivity index (χ3n) is 8.21. The molecule has 5 aromatic rings. The van der Waals surface area contributed by atoms with E-state index in [0.29, 0.717) is 23.8 Å². The normalized spacial score (nSPS) is 16.3. The van der Waals surface area contributed by atoms with Gasteiger partial charge in [0, 0.05) is 54.2 Å². The molecule has 4 heterocycles. The summed E-state index contributed by atoms with van der Waals surface area (Å²) in [4.78, 5) is 21.7. The third kappa shape index (κ3) is 4.50. The van der Waals surface area contributed by atoms with Gasteiger partial charge in [-0.1, -0.05) is 12.1 Å². The van der Waals surface area contributed by atoms with Crippen molar-refractivity contribution in [2.24, 2.45) is 5.73 Å². The van der Waals surface area contributed by atoms with Gasteiger partial charge in [-0.25, -0.2) is 9.97 Å². The number of hydrogen-bond acceptors (Lipinski definition) is 8. The Balaban J connectivity index is 1.33. The molecule has 7 rings (SSSR count). The lowest BCUT2D eigenvalue weighted by Crippen LogP contribution is -2.20. The molecule has 42 heavy (non-hydrogen) atoms. The number of ether oxygens (including phenoxy) is 2. The van der Waals surface area contributed by atoms with E-state index in [1.807, 2.05) is 36.5 Å². The smallest absolute Gasteiger partial charge is 0.248 e. The van der Waals surface area contributed by atoms with E-state index < -0.39 is 5.91 Å². The maximum absolute atomic E-state index is 11.8. The van der Waals surface area contributed by atoms with Crippen LogP contribution in [0.5, 0.6) is 11.5 Å². The summed E-state index contributed by atoms with van der Waals surface area (Å²) in [5.41, 5.74) is 9.38. The van der Waals surface area contributed by atoms with Crippen molar-refractivity contribution in [1.29, 1.82) is 0 Å². The summed E-state index contributed by atoms with van der Waals surface area (Å²) < 4.78 is 15.4. The highest BCUT2D eigenvalue weighted by Crippen LogP contribution is 2.43. The van der Waals surface area contributed by atoms with E-state index >= 15 is 0 Å². The highest BCUT2D eigenvalue weighted by atomic mass is 16.5. The highest BCUT2D eigenvalue weighted by molar-refractivity contribution is 5.94. The molecule has 1 fully saturated rings. The molecule has 2 aromatic carbocycles. The Morgan fingerprint density at radius 2 is 1.83 bits per heavy atom. The Kier molecular flexibility index (Phi) is 6.49. The number of carbonyl (C=O) groups excluding carboxylic acids is 1. The molecule has 0 radical (unpaired) electrons. The number of primary amides is 1. The first-order valence-electron chi connectivity index (χ1n) is 14.2. The van der Waals surface area contributed by atoms with Crippen molar-refractivity contribution >= 4 is 17.2 Å². The van der Waals surface area contributed by atoms with E-state index in [2.05, 4.69) is 24.5 Å². The van der Waals surface area contributed by atoms with Crippen molar-refractivity contribution in [3.8, 4) is 22.8 Å². The van der Waals surface area contributed by atoms with Crippen molar-refractivity contribution < 1.29 is 14.3 Å². The van der Waals surface area contributed by atoms with E-state index in [1.54, 1.807) is 32.5 Å². The number of nitrogens with two attached hydrogens (primary N) is 1. The number of amides is 1. The molecule has 214 valence electrons. The van der Waals surface area contributed by atoms with Gasteiger partial charge in [-0.3, -0.25) is 9.20 Å². The molecule has 0 bridgehead atoms. The number of methoxy groups -OCH3 is 2. The van der Waals surface area contributed by atoms with Crippen LogP contribution in [0.3, 0.4) is 0 Å². The second kappa shape index (κ2) is 10.5. The standard InChI is InChI=1S/C31H32N8O3/c1-41-22-12-11-21(24(16-22)42-2)17-34-28-26-25(18-5-7-19(8-6-18)27(32)40)35-30(38(26)15-13-33-28)23-4-3-14-39-29(20-9-10-20)36-37-31(23)39/h5-8,11-13,15-16,20,23H,3-4,9-10,14,17H2,1-2H3,(H2,32,40)(H,33,34). The summed E-state index contributed by atoms with van der Waals surface area (Å²) >= 11 is 0. The van der Waals surface area contributed by atoms with Crippen molar-refractivity contribution in [2.45, 2.75) is 50.6 Å². The van der Waals surface area contributed by atoms with E-state index in [1.165, 1.54) is 12.8 Å². The van der Waals surface area contributed by atoms with Gasteiger partial charge in [-0.05, 0) is 49.9 Å². The Bertz CT molecular complexity index is 1790. The van der Waals surface area contributed by atoms with Crippen LogP contribution in [0.1, 0.15) is 70.9 Å². The largest absolute Gasteiger partial charge is 0.497 e. The van der Waals surface area contributed by atoms with Crippen LogP contribution in [0.15, 0.2) is 54.9 Å². The summed E-state index contributed by atoms with van der Waals surface area (Å²) in [5.74, 6) is 5.14. The van der Waals surface area contributed by atoms with Gasteiger partial charge < -0.3 is 25.1 Å². The zero-order chi connectivity index (χ0) is 28.8. The maximum Gasteiger partial charge on any atom is 0.248 e. The fourth-order valence-corrected chi connectivity index (χ4v) is 5.89. The molecule has 1 amide bonds. The Morgan fingerprint density at radius 1 is 1.02 bits per heavy atom. The minimum atomic E-state index is -0.470. The lowest BCUT2D eigenvalue weighted by molar-refractivity contribution is 0.100. The lowest BCUT2D eigenvalue weighted by atomic mass is 9.97. The number of nitrogens with one attached hydrogen (secondary N) is 1. The Morgan fingerprint density at radius 3 is 2.57 bits per heavy atom. The van der Waals surface area contributed by atoms with Gasteiger partial charge in [-0.15, -0.1) is 10.2 Å². The predicted octanol–water partition coefficient (Wildman–Crippen LogP) is 4.52. The first-order valence-corrected chi connectivity index (χ1v) is 14.2. The highest BCUT2D eigenvalue weighted by Gasteiger charge is 2.36. The zero-order valence-corrected chi connectivity index (χ0v) is 23.6. The Labute approximate surface area is 242 Å². The molecule has 1 saturated carbocycles. The molecule has 3 aromatic heterocycles. The molecule has 2 aliphatic rings. The van der Waals surface area contributed by atoms with Gasteiger partial charge in [-0.2, -0.15) is 0 Å². The topological polar surface area (TPSA) is 134 Å². The average molecular weight is 565 g/mol. The molecule has 3 N–H and O–H groups in total. The summed E-state index contributed by atoms with van der Waals surface area (Å²) in [6.07, 6.45) is 8.06. The van der Waals surface area contributed by atoms with Gasteiger partial charge in [0.1, 0.15) is 40.2 Å². The average Bonchev–Trinajstić information content (AvgIpc) is 3.65. The van der Waals surface area contributed by atoms with E-state index in [4.69, 9.17) is 25.2 Å². The SMILES string of the molecule is COc1ccc(CNc2nccn3c(C4CCCn5c(C6CC6)nnc54)nc(-c4ccc(C(N)=O)cc4)c23)c(OC)c1. The molecule has 1 aliphatic carbocycles. The quantitative estimate of drug-likeness (QED) is 0.267. The fraction of sp³-hybridized carbons (Fsp3) is 0.323. The van der Waals surface area contributed by atoms with E-state index in [0.717, 1.165) is 70.7 Å². The molecule has 11 nitrogen and oxygen atoms in total. The monoisotopic (exact) mass is 564 g/mol. The second-order valence-corrected chi connectivity index (χ2v) is 10.8. The van der Waals surface area contributed by atoms with E-state index in [9.17, 15) is 4.79 Å². The fourth-order valence-electron chi connectivity index (χ4n) is 5.89. The van der Waals surface area contributed by atoms with Crippen LogP contribution in [0.25, 0.3) is 16.8 Å². The molecule has 0 spiro atoms. The minimum absolute atomic E-state index is 0.0122. The van der Waals surface area contributed by atoms with Crippen LogP contribution < -0.4 is 20.5 Å². The van der Waals surface area contributed by atoms with Gasteiger partial charge in [0.05, 0.1) is 20.1 Å². The van der Waals surface area contributed by atoms with Crippen LogP contribution in [-0.4, -0.2) is 49.3 Å². The number of aromatic nitrogens is 6. The predicted molar refractivity (Wildman–Crippen MR) is 157 cm³/mol. The van der Waals surface area contributed by atoms with Gasteiger partial charge in [0.25, 0.3) is 0 Å². The molecule has 0 saturated heterocycles. The van der Waals surface area contributed by atoms with Crippen molar-refractivity contribution in [1.82, 2.24) is 29.1 Å². The van der Waals surface area contributed by atoms with Crippen LogP contribution in [-0.2, 0) is 13.1 Å². The number of nitrogens with zero attached hydrogens (tertiary/aromatic N) is 6. The summed E-state index contributed by atoms with van der Waals surface area (Å²) in [6, 6.07) is 13.0. The van der Waals surface area contributed by atoms with Gasteiger partial charge in [0.2, 0.25) is 5.91 Å². The number of benzene rings is 2. The molecule has 11 heteroatoms.